The van der Waals surface area contributed by atoms with Gasteiger partial charge < -0.3 is 5.71 Å². The number of benzene rings is 1. The second kappa shape index (κ2) is 9.42. The van der Waals surface area contributed by atoms with E-state index >= 15 is 0 Å². The van der Waals surface area contributed by atoms with E-state index < -0.39 is 10.1 Å². The van der Waals surface area contributed by atoms with Gasteiger partial charge in [0.15, 0.2) is 0 Å². The zero-order chi connectivity index (χ0) is 9.73. The molecule has 0 bridgehead atoms. The van der Waals surface area contributed by atoms with Gasteiger partial charge in [0.25, 0.3) is 10.1 Å². The molecule has 0 unspecified atom stereocenters. The molecule has 1 aromatic rings. The van der Waals surface area contributed by atoms with Crippen LogP contribution in [0.15, 0.2) is 47.9 Å². The topological polar surface area (TPSA) is 43.4 Å². The van der Waals surface area contributed by atoms with E-state index in [4.69, 9.17) is 0 Å². The van der Waals surface area contributed by atoms with Crippen LogP contribution in [0.3, 0.4) is 0 Å². The summed E-state index contributed by atoms with van der Waals surface area (Å²) in [6.07, 6.45) is 1.39. The molecule has 1 rings (SSSR count). The summed E-state index contributed by atoms with van der Waals surface area (Å²) in [4.78, 5) is 0.164. The predicted octanol–water partition coefficient (Wildman–Crippen LogP) is 1.27. The first kappa shape index (κ1) is 18.7. The Labute approximate surface area is 156 Å². The molecule has 0 N–H and O–H groups in total. The average molecular weight is 282 g/mol. The van der Waals surface area contributed by atoms with E-state index in [2.05, 4.69) is 10.8 Å². The van der Waals surface area contributed by atoms with Gasteiger partial charge in [-0.3, -0.25) is 4.18 Å². The van der Waals surface area contributed by atoms with Crippen LogP contribution >= 0.6 is 0 Å². The van der Waals surface area contributed by atoms with Gasteiger partial charge >= 0.3 is 75.5 Å². The molecule has 3 nitrogen and oxygen atoms in total. The van der Waals surface area contributed by atoms with Gasteiger partial charge in [-0.1, -0.05) is 24.3 Å². The third-order valence-electron chi connectivity index (χ3n) is 1.37. The van der Waals surface area contributed by atoms with E-state index in [0.717, 1.165) is 0 Å². The molecule has 15 heavy (non-hydrogen) atoms. The molecule has 0 saturated heterocycles. The van der Waals surface area contributed by atoms with E-state index in [1.807, 2.05) is 0 Å². The number of rotatable bonds is 4. The molecular formula is C9H14Ca2O3S. The van der Waals surface area contributed by atoms with Gasteiger partial charge in [0.2, 0.25) is 0 Å². The van der Waals surface area contributed by atoms with E-state index in [0.29, 0.717) is 0 Å². The number of hydrogen-bond donors (Lipinski definition) is 0. The molecule has 0 aromatic heterocycles. The zero-order valence-electron chi connectivity index (χ0n) is 12.4. The second-order valence-electron chi connectivity index (χ2n) is 2.34. The van der Waals surface area contributed by atoms with Crippen LogP contribution in [0.4, 0.5) is 0 Å². The van der Waals surface area contributed by atoms with Crippen molar-refractivity contribution in [3.05, 3.63) is 43.0 Å². The maximum absolute atomic E-state index is 11.3. The first-order chi connectivity index (χ1) is 6.17. The van der Waals surface area contributed by atoms with Crippen LogP contribution in [0.25, 0.3) is 0 Å². The van der Waals surface area contributed by atoms with Crippen LogP contribution in [-0.4, -0.2) is 90.5 Å². The molecule has 0 atom stereocenters. The summed E-state index contributed by atoms with van der Waals surface area (Å²) in [7, 11) is -3.59. The van der Waals surface area contributed by atoms with Crippen LogP contribution in [0, 0.1) is 0 Å². The van der Waals surface area contributed by atoms with Crippen molar-refractivity contribution in [2.75, 3.05) is 6.61 Å². The van der Waals surface area contributed by atoms with Crippen LogP contribution in [-0.2, 0) is 14.3 Å². The van der Waals surface area contributed by atoms with Crippen molar-refractivity contribution < 1.29 is 18.3 Å². The Morgan fingerprint density at radius 2 is 1.80 bits per heavy atom. The molecule has 0 aliphatic heterocycles. The van der Waals surface area contributed by atoms with Gasteiger partial charge in [-0.2, -0.15) is 8.42 Å². The number of hydrogen-bond acceptors (Lipinski definition) is 3. The van der Waals surface area contributed by atoms with Crippen LogP contribution < -0.4 is 0 Å². The first-order valence-corrected chi connectivity index (χ1v) is 5.13. The summed E-state index contributed by atoms with van der Waals surface area (Å²) in [6, 6.07) is 8.00. The third-order valence-corrected chi connectivity index (χ3v) is 2.67. The maximum Gasteiger partial charge on any atom is 2.00 e. The molecule has 78 valence electrons. The van der Waals surface area contributed by atoms with E-state index in [9.17, 15) is 8.42 Å². The maximum atomic E-state index is 11.3. The van der Waals surface area contributed by atoms with Crippen molar-refractivity contribution in [3.63, 3.8) is 0 Å². The predicted molar refractivity (Wildman–Crippen MR) is 65.7 cm³/mol. The molecule has 0 amide bonds. The average Bonchev–Trinajstić information content (AvgIpc) is 2.16. The van der Waals surface area contributed by atoms with Crippen LogP contribution in [0.1, 0.15) is 5.71 Å². The standard InChI is InChI=1S/C9H10O3S.2Ca.4H/c1-2-8-12-13(10,11)9-6-4-3-5-7-9;;;;;;/h2-7H,1,8H2;;;;;;/q;2*+2;4*-1. The Morgan fingerprint density at radius 3 is 2.27 bits per heavy atom. The summed E-state index contributed by atoms with van der Waals surface area (Å²) in [5, 5.41) is 0. The molecule has 6 heteroatoms. The SMILES string of the molecule is C=CCOS(=O)(=O)c1ccccc1.[Ca+2].[Ca+2].[H-].[H-].[H-].[H-]. The van der Waals surface area contributed by atoms with Crippen LogP contribution in [0.2, 0.25) is 0 Å². The summed E-state index contributed by atoms with van der Waals surface area (Å²) >= 11 is 0. The van der Waals surface area contributed by atoms with Gasteiger partial charge in [0.05, 0.1) is 11.5 Å². The van der Waals surface area contributed by atoms with Crippen molar-refractivity contribution in [1.82, 2.24) is 0 Å². The Bertz CT molecular complexity index is 390. The molecule has 0 fully saturated rings. The quantitative estimate of drug-likeness (QED) is 0.474. The van der Waals surface area contributed by atoms with Gasteiger partial charge in [-0.15, -0.1) is 6.58 Å². The Morgan fingerprint density at radius 1 is 1.27 bits per heavy atom. The van der Waals surface area contributed by atoms with Gasteiger partial charge in [0.1, 0.15) is 0 Å². The molecule has 0 aliphatic carbocycles. The zero-order valence-corrected chi connectivity index (χ0v) is 13.7. The van der Waals surface area contributed by atoms with E-state index in [1.54, 1.807) is 18.2 Å². The minimum absolute atomic E-state index is 0. The Hall–Kier alpha value is 1.39. The van der Waals surface area contributed by atoms with Gasteiger partial charge in [-0.05, 0) is 12.1 Å². The van der Waals surface area contributed by atoms with Crippen molar-refractivity contribution in [2.45, 2.75) is 4.90 Å². The smallest absolute Gasteiger partial charge is 1.00 e. The van der Waals surface area contributed by atoms with Crippen molar-refractivity contribution in [1.29, 1.82) is 0 Å². The monoisotopic (exact) mass is 282 g/mol. The van der Waals surface area contributed by atoms with Gasteiger partial charge in [-0.25, -0.2) is 0 Å². The molecule has 0 radical (unpaired) electrons. The molecule has 0 spiro atoms. The second-order valence-corrected chi connectivity index (χ2v) is 3.96. The van der Waals surface area contributed by atoms with Gasteiger partial charge in [0, 0.05) is 0 Å². The first-order valence-electron chi connectivity index (χ1n) is 3.72. The molecular weight excluding hydrogens is 268 g/mol. The van der Waals surface area contributed by atoms with Crippen molar-refractivity contribution in [2.24, 2.45) is 0 Å². The Balaban J connectivity index is -0.0000000704. The molecule has 0 heterocycles. The summed E-state index contributed by atoms with van der Waals surface area (Å²) in [5.74, 6) is 0. The molecule has 0 saturated carbocycles. The van der Waals surface area contributed by atoms with E-state index in [-0.39, 0.29) is 92.7 Å². The van der Waals surface area contributed by atoms with Crippen LogP contribution in [0.5, 0.6) is 0 Å². The summed E-state index contributed by atoms with van der Waals surface area (Å²) in [5.41, 5.74) is 0. The fourth-order valence-electron chi connectivity index (χ4n) is 0.793. The minimum Gasteiger partial charge on any atom is -1.00 e. The fourth-order valence-corrected chi connectivity index (χ4v) is 1.69. The largest absolute Gasteiger partial charge is 2.00 e. The Kier molecular flexibility index (Phi) is 11.8. The molecule has 0 aliphatic rings. The summed E-state index contributed by atoms with van der Waals surface area (Å²) < 4.78 is 27.3. The van der Waals surface area contributed by atoms with Crippen molar-refractivity contribution >= 4 is 85.6 Å². The van der Waals surface area contributed by atoms with Crippen molar-refractivity contribution in [3.8, 4) is 0 Å². The third kappa shape index (κ3) is 6.64. The van der Waals surface area contributed by atoms with E-state index in [1.165, 1.54) is 18.2 Å². The summed E-state index contributed by atoms with van der Waals surface area (Å²) in [6.45, 7) is 3.37. The normalized spacial score (nSPS) is 9.60. The fraction of sp³-hybridized carbons (Fsp3) is 0.111. The molecule has 1 aromatic carbocycles. The minimum atomic E-state index is -3.59.